The highest BCUT2D eigenvalue weighted by Gasteiger charge is 2.50. The van der Waals surface area contributed by atoms with Gasteiger partial charge in [0.1, 0.15) is 16.9 Å². The Labute approximate surface area is 186 Å². The molecule has 3 aromatic rings. The van der Waals surface area contributed by atoms with Gasteiger partial charge in [0.25, 0.3) is 5.91 Å². The number of amides is 2. The van der Waals surface area contributed by atoms with Gasteiger partial charge in [-0.05, 0) is 63.3 Å². The molecule has 7 heteroatoms. The molecule has 4 rings (SSSR count). The van der Waals surface area contributed by atoms with Crippen molar-refractivity contribution in [3.05, 3.63) is 59.1 Å². The topological polar surface area (TPSA) is 67.2 Å². The highest BCUT2D eigenvalue weighted by atomic mass is 32.1. The fourth-order valence-corrected chi connectivity index (χ4v) is 4.69. The first-order valence-corrected chi connectivity index (χ1v) is 11.4. The second-order valence-electron chi connectivity index (χ2n) is 9.15. The number of fused-ring (bicyclic) bond motifs is 1. The first kappa shape index (κ1) is 21.3. The summed E-state index contributed by atoms with van der Waals surface area (Å²) < 4.78 is 1.69. The molecule has 0 aliphatic carbocycles. The summed E-state index contributed by atoms with van der Waals surface area (Å²) in [6.07, 6.45) is 0.761. The summed E-state index contributed by atoms with van der Waals surface area (Å²) in [5.41, 5.74) is 1.49. The van der Waals surface area contributed by atoms with Gasteiger partial charge in [0.2, 0.25) is 5.91 Å². The molecule has 31 heavy (non-hydrogen) atoms. The molecule has 0 radical (unpaired) electrons. The highest BCUT2D eigenvalue weighted by molar-refractivity contribution is 7.13. The van der Waals surface area contributed by atoms with Crippen molar-refractivity contribution in [3.8, 4) is 10.6 Å². The lowest BCUT2D eigenvalue weighted by Crippen LogP contribution is -2.66. The predicted molar refractivity (Wildman–Crippen MR) is 124 cm³/mol. The number of para-hydroxylation sites is 1. The van der Waals surface area contributed by atoms with Crippen LogP contribution in [-0.2, 0) is 17.8 Å². The van der Waals surface area contributed by atoms with Gasteiger partial charge in [0.05, 0.1) is 11.4 Å². The van der Waals surface area contributed by atoms with Crippen LogP contribution in [0.2, 0.25) is 0 Å². The van der Waals surface area contributed by atoms with Crippen molar-refractivity contribution in [3.63, 3.8) is 0 Å². The number of benzene rings is 1. The van der Waals surface area contributed by atoms with Crippen LogP contribution in [0.3, 0.4) is 0 Å². The van der Waals surface area contributed by atoms with Crippen molar-refractivity contribution < 1.29 is 9.59 Å². The van der Waals surface area contributed by atoms with Crippen molar-refractivity contribution in [2.75, 3.05) is 4.90 Å². The number of carbonyl (C=O) groups is 2. The molecule has 1 aliphatic heterocycles. The van der Waals surface area contributed by atoms with E-state index in [-0.39, 0.29) is 18.4 Å². The van der Waals surface area contributed by atoms with Crippen LogP contribution in [0.15, 0.2) is 47.8 Å². The Balaban J connectivity index is 1.87. The Morgan fingerprint density at radius 1 is 1.23 bits per heavy atom. The molecule has 0 fully saturated rings. The van der Waals surface area contributed by atoms with Gasteiger partial charge in [-0.2, -0.15) is 5.10 Å². The van der Waals surface area contributed by atoms with E-state index in [0.717, 1.165) is 28.2 Å². The Bertz CT molecular complexity index is 1130. The minimum Gasteiger partial charge on any atom is -0.349 e. The summed E-state index contributed by atoms with van der Waals surface area (Å²) >= 11 is 1.58. The number of rotatable bonds is 4. The summed E-state index contributed by atoms with van der Waals surface area (Å²) in [5, 5.41) is 9.75. The van der Waals surface area contributed by atoms with E-state index >= 15 is 0 Å². The Morgan fingerprint density at radius 2 is 1.97 bits per heavy atom. The van der Waals surface area contributed by atoms with Crippen LogP contribution < -0.4 is 10.2 Å². The molecule has 0 spiro atoms. The Morgan fingerprint density at radius 3 is 2.61 bits per heavy atom. The molecule has 1 atom stereocenters. The lowest BCUT2D eigenvalue weighted by Gasteiger charge is -2.44. The van der Waals surface area contributed by atoms with Crippen LogP contribution in [0.25, 0.3) is 10.6 Å². The van der Waals surface area contributed by atoms with E-state index in [2.05, 4.69) is 17.3 Å². The van der Waals surface area contributed by atoms with Crippen molar-refractivity contribution in [1.29, 1.82) is 0 Å². The van der Waals surface area contributed by atoms with Crippen LogP contribution >= 0.6 is 11.3 Å². The van der Waals surface area contributed by atoms with E-state index in [0.29, 0.717) is 5.69 Å². The minimum absolute atomic E-state index is 0.196. The zero-order chi connectivity index (χ0) is 22.4. The molecule has 3 heterocycles. The molecule has 1 aromatic carbocycles. The van der Waals surface area contributed by atoms with Crippen LogP contribution in [0, 0.1) is 0 Å². The maximum Gasteiger partial charge on any atom is 0.277 e. The number of anilines is 1. The van der Waals surface area contributed by atoms with Gasteiger partial charge in [-0.25, -0.2) is 0 Å². The van der Waals surface area contributed by atoms with Crippen LogP contribution in [0.4, 0.5) is 5.69 Å². The van der Waals surface area contributed by atoms with Gasteiger partial charge in [-0.15, -0.1) is 11.3 Å². The summed E-state index contributed by atoms with van der Waals surface area (Å²) in [5.74, 6) is -0.410. The zero-order valence-electron chi connectivity index (χ0n) is 18.6. The van der Waals surface area contributed by atoms with Gasteiger partial charge < -0.3 is 5.32 Å². The lowest BCUT2D eigenvalue weighted by molar-refractivity contribution is -0.128. The third kappa shape index (κ3) is 3.78. The van der Waals surface area contributed by atoms with E-state index in [4.69, 9.17) is 0 Å². The van der Waals surface area contributed by atoms with Gasteiger partial charge in [0, 0.05) is 11.2 Å². The van der Waals surface area contributed by atoms with Crippen LogP contribution in [0.1, 0.15) is 50.7 Å². The molecular weight excluding hydrogens is 408 g/mol. The molecule has 2 aromatic heterocycles. The van der Waals surface area contributed by atoms with E-state index < -0.39 is 11.1 Å². The standard InChI is InChI=1S/C24H28N4O2S/c1-6-16-10-7-8-11-18(16)28-21(29)19-14-17(20-12-9-13-31-20)26-27(19)15-24(28,5)22(30)25-23(2,3)4/h7-14H,6,15H2,1-5H3,(H,25,30)/t24-/m0/s1. The Hall–Kier alpha value is -2.93. The van der Waals surface area contributed by atoms with Gasteiger partial charge in [-0.3, -0.25) is 19.2 Å². The normalized spacial score (nSPS) is 18.7. The number of nitrogens with zero attached hydrogens (tertiary/aromatic N) is 3. The van der Waals surface area contributed by atoms with Crippen molar-refractivity contribution in [2.24, 2.45) is 0 Å². The second kappa shape index (κ2) is 7.64. The first-order chi connectivity index (χ1) is 14.6. The summed E-state index contributed by atoms with van der Waals surface area (Å²) in [6.45, 7) is 9.98. The Kier molecular flexibility index (Phi) is 5.25. The molecular formula is C24H28N4O2S. The molecule has 6 nitrogen and oxygen atoms in total. The summed E-state index contributed by atoms with van der Waals surface area (Å²) in [6, 6.07) is 13.6. The van der Waals surface area contributed by atoms with Crippen LogP contribution in [-0.4, -0.2) is 32.7 Å². The molecule has 162 valence electrons. The van der Waals surface area contributed by atoms with Crippen LogP contribution in [0.5, 0.6) is 0 Å². The van der Waals surface area contributed by atoms with Crippen molar-refractivity contribution in [2.45, 2.75) is 58.7 Å². The zero-order valence-corrected chi connectivity index (χ0v) is 19.4. The van der Waals surface area contributed by atoms with Gasteiger partial charge in [-0.1, -0.05) is 31.2 Å². The fourth-order valence-electron chi connectivity index (χ4n) is 4.01. The van der Waals surface area contributed by atoms with Gasteiger partial charge >= 0.3 is 0 Å². The molecule has 0 saturated heterocycles. The van der Waals surface area contributed by atoms with E-state index in [9.17, 15) is 9.59 Å². The molecule has 2 amide bonds. The second-order valence-corrected chi connectivity index (χ2v) is 10.1. The number of carbonyl (C=O) groups excluding carboxylic acids is 2. The van der Waals surface area contributed by atoms with Gasteiger partial charge in [0.15, 0.2) is 0 Å². The number of hydrogen-bond acceptors (Lipinski definition) is 4. The molecule has 0 saturated carbocycles. The molecule has 0 bridgehead atoms. The number of thiophene rings is 1. The van der Waals surface area contributed by atoms with Crippen molar-refractivity contribution >= 4 is 28.8 Å². The fraction of sp³-hybridized carbons (Fsp3) is 0.375. The number of nitrogens with one attached hydrogen (secondary N) is 1. The molecule has 1 aliphatic rings. The monoisotopic (exact) mass is 436 g/mol. The third-order valence-corrected chi connectivity index (χ3v) is 6.41. The third-order valence-electron chi connectivity index (χ3n) is 5.52. The number of aromatic nitrogens is 2. The highest BCUT2D eigenvalue weighted by Crippen LogP contribution is 2.36. The van der Waals surface area contributed by atoms with Crippen molar-refractivity contribution in [1.82, 2.24) is 15.1 Å². The number of aryl methyl sites for hydroxylation is 1. The minimum atomic E-state index is -1.12. The van der Waals surface area contributed by atoms with E-state index in [1.807, 2.05) is 75.5 Å². The molecule has 1 N–H and O–H groups in total. The average Bonchev–Trinajstić information content (AvgIpc) is 3.36. The SMILES string of the molecule is CCc1ccccc1N1C(=O)c2cc(-c3cccs3)nn2C[C@@]1(C)C(=O)NC(C)(C)C. The van der Waals surface area contributed by atoms with E-state index in [1.54, 1.807) is 20.9 Å². The predicted octanol–water partition coefficient (Wildman–Crippen LogP) is 4.51. The molecule has 0 unspecified atom stereocenters. The smallest absolute Gasteiger partial charge is 0.277 e. The average molecular weight is 437 g/mol. The summed E-state index contributed by atoms with van der Waals surface area (Å²) in [7, 11) is 0. The van der Waals surface area contributed by atoms with E-state index in [1.165, 1.54) is 0 Å². The quantitative estimate of drug-likeness (QED) is 0.654. The maximum absolute atomic E-state index is 13.8. The lowest BCUT2D eigenvalue weighted by atomic mass is 9.91. The number of hydrogen-bond donors (Lipinski definition) is 1. The summed E-state index contributed by atoms with van der Waals surface area (Å²) in [4.78, 5) is 30.1. The maximum atomic E-state index is 13.8. The first-order valence-electron chi connectivity index (χ1n) is 10.5. The largest absolute Gasteiger partial charge is 0.349 e.